The summed E-state index contributed by atoms with van der Waals surface area (Å²) in [5, 5.41) is 0.714. The van der Waals surface area contributed by atoms with Gasteiger partial charge in [-0.05, 0) is 43.2 Å². The third-order valence-electron chi connectivity index (χ3n) is 4.92. The fourth-order valence-corrected chi connectivity index (χ4v) is 4.42. The van der Waals surface area contributed by atoms with E-state index in [0.29, 0.717) is 23.3 Å². The fraction of sp³-hybridized carbons (Fsp3) is 0.286. The Bertz CT molecular complexity index is 1210. The van der Waals surface area contributed by atoms with Gasteiger partial charge in [0.05, 0.1) is 22.1 Å². The number of fused-ring (bicyclic) bond motifs is 1. The van der Waals surface area contributed by atoms with E-state index in [1.54, 1.807) is 12.1 Å². The Morgan fingerprint density at radius 1 is 1.19 bits per heavy atom. The van der Waals surface area contributed by atoms with E-state index in [1.165, 1.54) is 24.3 Å². The molecule has 4 rings (SSSR count). The van der Waals surface area contributed by atoms with E-state index in [1.807, 2.05) is 12.1 Å². The number of carbonyl (C=O) groups excluding carboxylic acids is 1. The van der Waals surface area contributed by atoms with Crippen LogP contribution in [0.15, 0.2) is 53.4 Å². The molecule has 2 aromatic carbocycles. The van der Waals surface area contributed by atoms with Crippen molar-refractivity contribution in [1.29, 1.82) is 0 Å². The van der Waals surface area contributed by atoms with Gasteiger partial charge in [-0.25, -0.2) is 27.9 Å². The van der Waals surface area contributed by atoms with Crippen molar-refractivity contribution in [3.05, 3.63) is 59.9 Å². The first-order chi connectivity index (χ1) is 14.9. The van der Waals surface area contributed by atoms with Crippen LogP contribution in [0, 0.1) is 0 Å². The number of esters is 1. The highest BCUT2D eigenvalue weighted by atomic mass is 32.2. The van der Waals surface area contributed by atoms with Gasteiger partial charge in [0.25, 0.3) is 0 Å². The van der Waals surface area contributed by atoms with Crippen LogP contribution in [0.4, 0.5) is 5.82 Å². The molecule has 0 radical (unpaired) electrons. The molecule has 0 bridgehead atoms. The number of nitrogens with zero attached hydrogens (tertiary/aromatic N) is 2. The number of nitrogens with one attached hydrogen (secondary N) is 1. The van der Waals surface area contributed by atoms with Crippen LogP contribution in [0.3, 0.4) is 0 Å². The van der Waals surface area contributed by atoms with Crippen molar-refractivity contribution in [3.63, 3.8) is 0 Å². The molecule has 1 saturated heterocycles. The summed E-state index contributed by atoms with van der Waals surface area (Å²) >= 11 is 0. The number of nitrogens with two attached hydrogens (primary N) is 1. The Kier molecular flexibility index (Phi) is 6.12. The van der Waals surface area contributed by atoms with Crippen molar-refractivity contribution in [2.75, 3.05) is 18.9 Å². The molecular weight excluding hydrogens is 420 g/mol. The van der Waals surface area contributed by atoms with Gasteiger partial charge in [-0.2, -0.15) is 0 Å². The zero-order valence-electron chi connectivity index (χ0n) is 16.7. The molecule has 1 aliphatic rings. The number of ether oxygens (including phenoxy) is 2. The molecule has 0 saturated carbocycles. The van der Waals surface area contributed by atoms with E-state index in [9.17, 15) is 13.2 Å². The molecule has 1 aromatic heterocycles. The monoisotopic (exact) mass is 442 g/mol. The van der Waals surface area contributed by atoms with Gasteiger partial charge in [0.2, 0.25) is 10.0 Å². The maximum atomic E-state index is 12.6. The van der Waals surface area contributed by atoms with E-state index in [2.05, 4.69) is 14.7 Å². The third kappa shape index (κ3) is 4.98. The molecule has 0 aliphatic carbocycles. The molecule has 3 aromatic rings. The standard InChI is InChI=1S/C21H22N4O5S/c22-20-17-8-1-2-9-18(17)24-19(25-20)13-30-21(26)14-5-3-7-16(11-14)31(27,28)23-12-15-6-4-10-29-15/h1-3,5,7-9,11,15,23H,4,6,10,12-13H2,(H2,22,24,25)/t15-/m1/s1. The molecule has 3 N–H and O–H groups in total. The molecule has 0 amide bonds. The average Bonchev–Trinajstić information content (AvgIpc) is 3.30. The normalized spacial score (nSPS) is 16.5. The van der Waals surface area contributed by atoms with Gasteiger partial charge in [-0.15, -0.1) is 0 Å². The minimum atomic E-state index is -3.78. The predicted octanol–water partition coefficient (Wildman–Crippen LogP) is 2.03. The lowest BCUT2D eigenvalue weighted by Crippen LogP contribution is -2.31. The summed E-state index contributed by atoms with van der Waals surface area (Å²) in [6.45, 7) is 0.639. The summed E-state index contributed by atoms with van der Waals surface area (Å²) in [5.74, 6) is -0.139. The Labute approximate surface area is 179 Å². The molecule has 0 spiro atoms. The van der Waals surface area contributed by atoms with Crippen LogP contribution in [0.2, 0.25) is 0 Å². The number of benzene rings is 2. The van der Waals surface area contributed by atoms with Gasteiger partial charge in [-0.1, -0.05) is 18.2 Å². The number of para-hydroxylation sites is 1. The topological polar surface area (TPSA) is 134 Å². The van der Waals surface area contributed by atoms with Gasteiger partial charge in [0.1, 0.15) is 5.82 Å². The SMILES string of the molecule is Nc1nc(COC(=O)c2cccc(S(=O)(=O)NC[C@H]3CCCO3)c2)nc2ccccc12. The minimum Gasteiger partial charge on any atom is -0.454 e. The number of rotatable bonds is 7. The molecule has 2 heterocycles. The summed E-state index contributed by atoms with van der Waals surface area (Å²) in [4.78, 5) is 20.9. The fourth-order valence-electron chi connectivity index (χ4n) is 3.31. The molecule has 10 heteroatoms. The molecule has 162 valence electrons. The summed E-state index contributed by atoms with van der Waals surface area (Å²) < 4.78 is 38.3. The summed E-state index contributed by atoms with van der Waals surface area (Å²) in [6, 6.07) is 12.9. The third-order valence-corrected chi connectivity index (χ3v) is 6.34. The maximum absolute atomic E-state index is 12.6. The minimum absolute atomic E-state index is 0.0221. The van der Waals surface area contributed by atoms with Crippen molar-refractivity contribution in [1.82, 2.24) is 14.7 Å². The van der Waals surface area contributed by atoms with Gasteiger partial charge in [0.15, 0.2) is 12.4 Å². The zero-order chi connectivity index (χ0) is 21.8. The first-order valence-corrected chi connectivity index (χ1v) is 11.3. The van der Waals surface area contributed by atoms with Crippen LogP contribution in [-0.4, -0.2) is 43.6 Å². The van der Waals surface area contributed by atoms with Crippen molar-refractivity contribution < 1.29 is 22.7 Å². The Morgan fingerprint density at radius 2 is 2.03 bits per heavy atom. The van der Waals surface area contributed by atoms with E-state index in [-0.39, 0.29) is 35.5 Å². The van der Waals surface area contributed by atoms with Crippen LogP contribution < -0.4 is 10.5 Å². The van der Waals surface area contributed by atoms with Gasteiger partial charge in [0, 0.05) is 18.5 Å². The van der Waals surface area contributed by atoms with Gasteiger partial charge >= 0.3 is 5.97 Å². The highest BCUT2D eigenvalue weighted by Crippen LogP contribution is 2.18. The van der Waals surface area contributed by atoms with E-state index < -0.39 is 16.0 Å². The molecule has 1 aliphatic heterocycles. The molecule has 0 unspecified atom stereocenters. The van der Waals surface area contributed by atoms with Gasteiger partial charge < -0.3 is 15.2 Å². The van der Waals surface area contributed by atoms with Crippen molar-refractivity contribution in [2.45, 2.75) is 30.4 Å². The van der Waals surface area contributed by atoms with Crippen LogP contribution in [0.5, 0.6) is 0 Å². The highest BCUT2D eigenvalue weighted by Gasteiger charge is 2.21. The largest absolute Gasteiger partial charge is 0.454 e. The number of aromatic nitrogens is 2. The summed E-state index contributed by atoms with van der Waals surface area (Å²) in [6.07, 6.45) is 1.61. The number of anilines is 1. The summed E-state index contributed by atoms with van der Waals surface area (Å²) in [5.41, 5.74) is 6.69. The number of hydrogen-bond donors (Lipinski definition) is 2. The lowest BCUT2D eigenvalue weighted by atomic mass is 10.2. The number of carbonyl (C=O) groups is 1. The van der Waals surface area contributed by atoms with E-state index >= 15 is 0 Å². The van der Waals surface area contributed by atoms with Crippen LogP contribution in [-0.2, 0) is 26.1 Å². The first kappa shape index (κ1) is 21.2. The molecular formula is C21H22N4O5S. The first-order valence-electron chi connectivity index (χ1n) is 9.82. The maximum Gasteiger partial charge on any atom is 0.338 e. The number of sulfonamides is 1. The summed E-state index contributed by atoms with van der Waals surface area (Å²) in [7, 11) is -3.78. The Hall–Kier alpha value is -3.08. The molecule has 9 nitrogen and oxygen atoms in total. The zero-order valence-corrected chi connectivity index (χ0v) is 17.5. The van der Waals surface area contributed by atoms with E-state index in [0.717, 1.165) is 12.8 Å². The van der Waals surface area contributed by atoms with Gasteiger partial charge in [-0.3, -0.25) is 0 Å². The second-order valence-electron chi connectivity index (χ2n) is 7.13. The Balaban J connectivity index is 1.43. The average molecular weight is 442 g/mol. The lowest BCUT2D eigenvalue weighted by Gasteiger charge is -2.12. The molecule has 1 atom stereocenters. The second kappa shape index (κ2) is 8.96. The van der Waals surface area contributed by atoms with Crippen molar-refractivity contribution in [3.8, 4) is 0 Å². The van der Waals surface area contributed by atoms with E-state index in [4.69, 9.17) is 15.2 Å². The lowest BCUT2D eigenvalue weighted by molar-refractivity contribution is 0.0462. The predicted molar refractivity (Wildman–Crippen MR) is 114 cm³/mol. The van der Waals surface area contributed by atoms with Crippen molar-refractivity contribution >= 4 is 32.7 Å². The second-order valence-corrected chi connectivity index (χ2v) is 8.90. The molecule has 1 fully saturated rings. The molecule has 31 heavy (non-hydrogen) atoms. The van der Waals surface area contributed by atoms with Crippen LogP contribution in [0.1, 0.15) is 29.0 Å². The van der Waals surface area contributed by atoms with Crippen LogP contribution in [0.25, 0.3) is 10.9 Å². The number of nitrogen functional groups attached to an aromatic ring is 1. The smallest absolute Gasteiger partial charge is 0.338 e. The Morgan fingerprint density at radius 3 is 2.84 bits per heavy atom. The van der Waals surface area contributed by atoms with Crippen LogP contribution >= 0.6 is 0 Å². The number of hydrogen-bond acceptors (Lipinski definition) is 8. The van der Waals surface area contributed by atoms with Crippen molar-refractivity contribution in [2.24, 2.45) is 0 Å². The quantitative estimate of drug-likeness (QED) is 0.531. The highest BCUT2D eigenvalue weighted by molar-refractivity contribution is 7.89.